The van der Waals surface area contributed by atoms with Gasteiger partial charge in [0.25, 0.3) is 0 Å². The number of hydrogen-bond donors (Lipinski definition) is 0. The van der Waals surface area contributed by atoms with Gasteiger partial charge in [0.05, 0.1) is 0 Å². The number of rotatable bonds is 1. The van der Waals surface area contributed by atoms with Crippen molar-refractivity contribution in [2.75, 3.05) is 0 Å². The van der Waals surface area contributed by atoms with Crippen LogP contribution in [0.3, 0.4) is 0 Å². The molecule has 0 fully saturated rings. The summed E-state index contributed by atoms with van der Waals surface area (Å²) in [6.45, 7) is 9.22. The number of allylic oxidation sites excluding steroid dienone is 2. The van der Waals surface area contributed by atoms with Crippen molar-refractivity contribution in [3.63, 3.8) is 0 Å². The summed E-state index contributed by atoms with van der Waals surface area (Å²) < 4.78 is 0. The average Bonchev–Trinajstić information content (AvgIpc) is 1.35. The molecule has 0 bridgehead atoms. The van der Waals surface area contributed by atoms with Crippen LogP contribution in [0.25, 0.3) is 0 Å². The zero-order valence-corrected chi connectivity index (χ0v) is 4.36. The highest BCUT2D eigenvalue weighted by Crippen LogP contribution is 1.88. The molecule has 0 aliphatic rings. The Morgan fingerprint density at radius 2 is 2.17 bits per heavy atom. The molecular weight excluding hydrogens is 72.1 g/mol. The molecule has 34 valence electrons. The van der Waals surface area contributed by atoms with Gasteiger partial charge in [-0.25, -0.2) is 0 Å². The third-order valence-corrected chi connectivity index (χ3v) is 0.526. The highest BCUT2D eigenvalue weighted by Gasteiger charge is 1.67. The van der Waals surface area contributed by atoms with Gasteiger partial charge >= 0.3 is 0 Å². The highest BCUT2D eigenvalue weighted by molar-refractivity contribution is 4.92. The van der Waals surface area contributed by atoms with Crippen LogP contribution in [-0.2, 0) is 0 Å². The van der Waals surface area contributed by atoms with Crippen LogP contribution >= 0.6 is 0 Å². The Bertz CT molecular complexity index is 47.1. The van der Waals surface area contributed by atoms with Crippen LogP contribution in [0.5, 0.6) is 0 Å². The summed E-state index contributed by atoms with van der Waals surface area (Å²) in [5, 5.41) is 0. The lowest BCUT2D eigenvalue weighted by Crippen LogP contribution is -1.58. The van der Waals surface area contributed by atoms with E-state index in [1.165, 1.54) is 5.57 Å². The van der Waals surface area contributed by atoms with Gasteiger partial charge in [-0.3, -0.25) is 0 Å². The van der Waals surface area contributed by atoms with Crippen LogP contribution in [0.15, 0.2) is 11.6 Å². The molecule has 0 aromatic rings. The lowest BCUT2D eigenvalue weighted by Gasteiger charge is -1.79. The summed E-state index contributed by atoms with van der Waals surface area (Å²) in [6, 6.07) is 0. The van der Waals surface area contributed by atoms with Gasteiger partial charge in [0.1, 0.15) is 0 Å². The Hall–Kier alpha value is -0.260. The Balaban J connectivity index is 3.14. The first-order valence-corrected chi connectivity index (χ1v) is 2.11. The van der Waals surface area contributed by atoms with Gasteiger partial charge < -0.3 is 0 Å². The maximum absolute atomic E-state index is 5.15. The van der Waals surface area contributed by atoms with E-state index in [1.807, 2.05) is 19.9 Å². The lowest BCUT2D eigenvalue weighted by molar-refractivity contribution is 1.28. The average molecular weight is 82.1 g/mol. The molecule has 6 heavy (non-hydrogen) atoms. The molecule has 0 N–H and O–H groups in total. The minimum absolute atomic E-state index is 0.669. The minimum atomic E-state index is 0.669. The maximum Gasteiger partial charge on any atom is -0.0311 e. The van der Waals surface area contributed by atoms with Crippen molar-refractivity contribution in [1.82, 2.24) is 0 Å². The molecule has 0 heteroatoms. The molecule has 0 heterocycles. The van der Waals surface area contributed by atoms with Crippen molar-refractivity contribution in [3.8, 4) is 0 Å². The molecule has 0 saturated carbocycles. The Labute approximate surface area is 39.9 Å². The van der Waals surface area contributed by atoms with Crippen LogP contribution in [0.1, 0.15) is 20.3 Å². The second kappa shape index (κ2) is 2.95. The summed E-state index contributed by atoms with van der Waals surface area (Å²) in [7, 11) is 0. The van der Waals surface area contributed by atoms with Gasteiger partial charge in [-0.2, -0.15) is 0 Å². The zero-order chi connectivity index (χ0) is 4.99. The summed E-state index contributed by atoms with van der Waals surface area (Å²) in [5.41, 5.74) is 1.29. The summed E-state index contributed by atoms with van der Waals surface area (Å²) in [6.07, 6.45) is 2.66. The monoisotopic (exact) mass is 82.1 g/mol. The van der Waals surface area contributed by atoms with Crippen molar-refractivity contribution in [3.05, 3.63) is 18.6 Å². The SMILES string of the molecule is [CH]CC=C(C)C. The van der Waals surface area contributed by atoms with Crippen LogP contribution in [0, 0.1) is 6.92 Å². The van der Waals surface area contributed by atoms with Crippen molar-refractivity contribution >= 4 is 0 Å². The van der Waals surface area contributed by atoms with E-state index in [9.17, 15) is 0 Å². The maximum atomic E-state index is 5.15. The minimum Gasteiger partial charge on any atom is -0.0856 e. The van der Waals surface area contributed by atoms with E-state index in [1.54, 1.807) is 0 Å². The standard InChI is InChI=1S/C6H10/c1-4-5-6(2)3/h1,5H,4H2,2-3H3. The van der Waals surface area contributed by atoms with E-state index >= 15 is 0 Å². The van der Waals surface area contributed by atoms with Gasteiger partial charge in [0.15, 0.2) is 0 Å². The second-order valence-electron chi connectivity index (χ2n) is 1.52. The smallest absolute Gasteiger partial charge is 0.0311 e. The van der Waals surface area contributed by atoms with E-state index in [2.05, 4.69) is 0 Å². The Kier molecular flexibility index (Phi) is 2.82. The van der Waals surface area contributed by atoms with Gasteiger partial charge in [-0.15, -0.1) is 0 Å². The van der Waals surface area contributed by atoms with Gasteiger partial charge in [-0.1, -0.05) is 11.6 Å². The van der Waals surface area contributed by atoms with Crippen molar-refractivity contribution in [1.29, 1.82) is 0 Å². The molecule has 2 radical (unpaired) electrons. The predicted molar refractivity (Wildman–Crippen MR) is 28.3 cm³/mol. The molecule has 0 aliphatic carbocycles. The molecule has 0 aliphatic heterocycles. The fourth-order valence-electron chi connectivity index (χ4n) is 0.236. The van der Waals surface area contributed by atoms with Gasteiger partial charge in [0, 0.05) is 0 Å². The van der Waals surface area contributed by atoms with Crippen LogP contribution in [0.4, 0.5) is 0 Å². The molecule has 0 amide bonds. The van der Waals surface area contributed by atoms with E-state index in [0.29, 0.717) is 6.42 Å². The zero-order valence-electron chi connectivity index (χ0n) is 4.36. The first kappa shape index (κ1) is 5.74. The molecule has 0 rings (SSSR count). The fourth-order valence-corrected chi connectivity index (χ4v) is 0.236. The van der Waals surface area contributed by atoms with E-state index in [4.69, 9.17) is 6.92 Å². The molecule has 0 aromatic carbocycles. The molecule has 0 spiro atoms. The van der Waals surface area contributed by atoms with Crippen LogP contribution in [0.2, 0.25) is 0 Å². The first-order chi connectivity index (χ1) is 2.77. The quantitative estimate of drug-likeness (QED) is 0.425. The van der Waals surface area contributed by atoms with Gasteiger partial charge in [0.2, 0.25) is 0 Å². The Morgan fingerprint density at radius 1 is 1.67 bits per heavy atom. The predicted octanol–water partition coefficient (Wildman–Crippen LogP) is 2.05. The molecule has 0 aromatic heterocycles. The molecule has 0 atom stereocenters. The van der Waals surface area contributed by atoms with Crippen molar-refractivity contribution in [2.24, 2.45) is 0 Å². The summed E-state index contributed by atoms with van der Waals surface area (Å²) in [5.74, 6) is 0. The number of hydrogen-bond acceptors (Lipinski definition) is 0. The third kappa shape index (κ3) is 3.74. The highest BCUT2D eigenvalue weighted by atomic mass is 13.7. The van der Waals surface area contributed by atoms with Crippen molar-refractivity contribution in [2.45, 2.75) is 20.3 Å². The fraction of sp³-hybridized carbons (Fsp3) is 0.500. The van der Waals surface area contributed by atoms with Gasteiger partial charge in [-0.05, 0) is 27.2 Å². The van der Waals surface area contributed by atoms with E-state index in [0.717, 1.165) is 0 Å². The third-order valence-electron chi connectivity index (χ3n) is 0.526. The normalized spacial score (nSPS) is 7.83. The molecule has 0 unspecified atom stereocenters. The van der Waals surface area contributed by atoms with E-state index < -0.39 is 0 Å². The van der Waals surface area contributed by atoms with Crippen LogP contribution < -0.4 is 0 Å². The van der Waals surface area contributed by atoms with Crippen molar-refractivity contribution < 1.29 is 0 Å². The largest absolute Gasteiger partial charge is 0.0856 e. The Morgan fingerprint density at radius 3 is 2.17 bits per heavy atom. The molecular formula is C6H10. The van der Waals surface area contributed by atoms with E-state index in [-0.39, 0.29) is 0 Å². The first-order valence-electron chi connectivity index (χ1n) is 2.11. The van der Waals surface area contributed by atoms with Crippen LogP contribution in [-0.4, -0.2) is 0 Å². The molecule has 0 saturated heterocycles. The summed E-state index contributed by atoms with van der Waals surface area (Å²) >= 11 is 0. The summed E-state index contributed by atoms with van der Waals surface area (Å²) in [4.78, 5) is 0. The second-order valence-corrected chi connectivity index (χ2v) is 1.52. The topological polar surface area (TPSA) is 0 Å². The molecule has 0 nitrogen and oxygen atoms in total. The lowest BCUT2D eigenvalue weighted by atomic mass is 10.3.